The van der Waals surface area contributed by atoms with Crippen molar-refractivity contribution in [2.24, 2.45) is 0 Å². The highest BCUT2D eigenvalue weighted by Crippen LogP contribution is 2.30. The molecular formula is C23H30N2O8S. The molecule has 186 valence electrons. The van der Waals surface area contributed by atoms with Crippen LogP contribution in [0.3, 0.4) is 0 Å². The number of nitrogens with one attached hydrogen (secondary N) is 1. The quantitative estimate of drug-likeness (QED) is 0.429. The largest absolute Gasteiger partial charge is 0.444 e. The van der Waals surface area contributed by atoms with Crippen LogP contribution >= 0.6 is 0 Å². The van der Waals surface area contributed by atoms with Crippen LogP contribution < -0.4 is 10.4 Å². The van der Waals surface area contributed by atoms with Gasteiger partial charge >= 0.3 is 6.09 Å². The molecule has 2 aliphatic rings. The molecule has 10 nitrogen and oxygen atoms in total. The number of benzene rings is 1. The van der Waals surface area contributed by atoms with E-state index in [4.69, 9.17) is 19.0 Å². The highest BCUT2D eigenvalue weighted by Gasteiger charge is 2.48. The smallest absolute Gasteiger partial charge is 0.414 e. The van der Waals surface area contributed by atoms with Crippen molar-refractivity contribution in [1.82, 2.24) is 5.48 Å². The fraction of sp³-hybridized carbons (Fsp3) is 0.565. The van der Waals surface area contributed by atoms with Crippen LogP contribution in [0.2, 0.25) is 0 Å². The van der Waals surface area contributed by atoms with E-state index in [1.165, 1.54) is 11.8 Å². The van der Waals surface area contributed by atoms with Gasteiger partial charge in [-0.3, -0.25) is 9.69 Å². The van der Waals surface area contributed by atoms with Gasteiger partial charge in [-0.1, -0.05) is 11.8 Å². The van der Waals surface area contributed by atoms with Crippen molar-refractivity contribution in [3.8, 4) is 11.8 Å². The standard InChI is InChI=1S/C23H30N2O8S/c1-23(34(3,28)29,21(26)24-33-20-8-4-5-14-31-20)15-19-16-25(22(27)32-19)18-11-9-17(10-12-18)7-6-13-30-2/h9-12,19-20H,4-5,8,13-16H2,1-3H3,(H,24,26). The zero-order valence-corrected chi connectivity index (χ0v) is 20.4. The van der Waals surface area contributed by atoms with Crippen LogP contribution in [0.1, 0.15) is 38.2 Å². The van der Waals surface area contributed by atoms with Crippen molar-refractivity contribution in [3.63, 3.8) is 0 Å². The fourth-order valence-corrected chi connectivity index (χ4v) is 4.52. The van der Waals surface area contributed by atoms with Gasteiger partial charge in [-0.25, -0.2) is 23.5 Å². The average molecular weight is 495 g/mol. The number of cyclic esters (lactones) is 1. The summed E-state index contributed by atoms with van der Waals surface area (Å²) < 4.78 is 39.0. The number of hydrogen-bond acceptors (Lipinski definition) is 8. The summed E-state index contributed by atoms with van der Waals surface area (Å²) in [5, 5.41) is 0. The maximum atomic E-state index is 12.9. The number of carbonyl (C=O) groups excluding carboxylic acids is 2. The van der Waals surface area contributed by atoms with Crippen LogP contribution in [0.5, 0.6) is 0 Å². The predicted octanol–water partition coefficient (Wildman–Crippen LogP) is 1.78. The molecule has 3 unspecified atom stereocenters. The first-order valence-electron chi connectivity index (χ1n) is 11.0. The molecule has 34 heavy (non-hydrogen) atoms. The predicted molar refractivity (Wildman–Crippen MR) is 123 cm³/mol. The van der Waals surface area contributed by atoms with E-state index in [0.29, 0.717) is 25.3 Å². The molecule has 1 aromatic carbocycles. The molecule has 1 aromatic rings. The third kappa shape index (κ3) is 6.27. The maximum absolute atomic E-state index is 12.9. The topological polar surface area (TPSA) is 120 Å². The Morgan fingerprint density at radius 2 is 2.03 bits per heavy atom. The first kappa shape index (κ1) is 26.0. The van der Waals surface area contributed by atoms with E-state index >= 15 is 0 Å². The van der Waals surface area contributed by atoms with Crippen LogP contribution in [-0.2, 0) is 33.7 Å². The van der Waals surface area contributed by atoms with E-state index in [9.17, 15) is 18.0 Å². The lowest BCUT2D eigenvalue weighted by molar-refractivity contribution is -0.201. The lowest BCUT2D eigenvalue weighted by Crippen LogP contribution is -2.53. The summed E-state index contributed by atoms with van der Waals surface area (Å²) >= 11 is 0. The van der Waals surface area contributed by atoms with E-state index in [0.717, 1.165) is 24.7 Å². The summed E-state index contributed by atoms with van der Waals surface area (Å²) in [5.74, 6) is 4.95. The van der Waals surface area contributed by atoms with Crippen LogP contribution in [0, 0.1) is 11.8 Å². The molecule has 0 spiro atoms. The number of carbonyl (C=O) groups is 2. The van der Waals surface area contributed by atoms with Gasteiger partial charge in [-0.05, 0) is 44.0 Å². The van der Waals surface area contributed by atoms with Gasteiger partial charge in [0.15, 0.2) is 20.9 Å². The van der Waals surface area contributed by atoms with E-state index in [-0.39, 0.29) is 13.0 Å². The molecule has 3 rings (SSSR count). The lowest BCUT2D eigenvalue weighted by Gasteiger charge is -2.29. The number of hydroxylamine groups is 1. The SMILES string of the molecule is COCC#Cc1ccc(N2CC(CC(C)(C(=O)NOC3CCCCO3)S(C)(=O)=O)OC2=O)cc1. The van der Waals surface area contributed by atoms with Crippen LogP contribution in [0.25, 0.3) is 0 Å². The van der Waals surface area contributed by atoms with Gasteiger partial charge in [0, 0.05) is 44.1 Å². The van der Waals surface area contributed by atoms with E-state index in [2.05, 4.69) is 17.3 Å². The fourth-order valence-electron chi connectivity index (χ4n) is 3.65. The van der Waals surface area contributed by atoms with Crippen molar-refractivity contribution in [2.75, 3.05) is 38.0 Å². The second-order valence-electron chi connectivity index (χ2n) is 8.45. The molecule has 0 aromatic heterocycles. The van der Waals surface area contributed by atoms with Crippen LogP contribution in [-0.4, -0.2) is 70.7 Å². The number of sulfone groups is 1. The molecular weight excluding hydrogens is 464 g/mol. The van der Waals surface area contributed by atoms with Gasteiger partial charge in [0.2, 0.25) is 0 Å². The number of anilines is 1. The highest BCUT2D eigenvalue weighted by atomic mass is 32.2. The number of methoxy groups -OCH3 is 1. The third-order valence-electron chi connectivity index (χ3n) is 5.84. The number of rotatable bonds is 8. The normalized spacial score (nSPS) is 22.3. The van der Waals surface area contributed by atoms with Crippen molar-refractivity contribution < 1.29 is 37.1 Å². The maximum Gasteiger partial charge on any atom is 0.414 e. The van der Waals surface area contributed by atoms with Gasteiger partial charge < -0.3 is 14.2 Å². The molecule has 0 radical (unpaired) electrons. The van der Waals surface area contributed by atoms with E-state index in [1.54, 1.807) is 31.4 Å². The summed E-state index contributed by atoms with van der Waals surface area (Å²) in [6, 6.07) is 6.97. The average Bonchev–Trinajstić information content (AvgIpc) is 3.17. The number of hydrogen-bond donors (Lipinski definition) is 1. The molecule has 2 aliphatic heterocycles. The van der Waals surface area contributed by atoms with Gasteiger partial charge in [-0.2, -0.15) is 0 Å². The second-order valence-corrected chi connectivity index (χ2v) is 10.9. The minimum Gasteiger partial charge on any atom is -0.444 e. The van der Waals surface area contributed by atoms with Crippen LogP contribution in [0.15, 0.2) is 24.3 Å². The Hall–Kier alpha value is -2.65. The Balaban J connectivity index is 1.66. The van der Waals surface area contributed by atoms with E-state index in [1.807, 2.05) is 0 Å². The Morgan fingerprint density at radius 3 is 2.65 bits per heavy atom. The number of ether oxygens (including phenoxy) is 3. The minimum absolute atomic E-state index is 0.0958. The molecule has 0 aliphatic carbocycles. The van der Waals surface area contributed by atoms with Crippen LogP contribution in [0.4, 0.5) is 10.5 Å². The van der Waals surface area contributed by atoms with E-state index < -0.39 is 39.0 Å². The molecule has 2 amide bonds. The molecule has 1 N–H and O–H groups in total. The number of amides is 2. The van der Waals surface area contributed by atoms with Crippen molar-refractivity contribution in [1.29, 1.82) is 0 Å². The Morgan fingerprint density at radius 1 is 1.29 bits per heavy atom. The first-order chi connectivity index (χ1) is 16.1. The van der Waals surface area contributed by atoms with Gasteiger partial charge in [0.25, 0.3) is 5.91 Å². The molecule has 2 fully saturated rings. The second kappa shape index (κ2) is 11.2. The third-order valence-corrected chi connectivity index (χ3v) is 7.83. The van der Waals surface area contributed by atoms with Crippen molar-refractivity contribution in [2.45, 2.75) is 49.7 Å². The summed E-state index contributed by atoms with van der Waals surface area (Å²) in [7, 11) is -2.33. The molecule has 0 bridgehead atoms. The molecule has 2 saturated heterocycles. The summed E-state index contributed by atoms with van der Waals surface area (Å²) in [6.45, 7) is 2.22. The Kier molecular flexibility index (Phi) is 8.54. The Bertz CT molecular complexity index is 1040. The van der Waals surface area contributed by atoms with Crippen molar-refractivity contribution in [3.05, 3.63) is 29.8 Å². The van der Waals surface area contributed by atoms with Crippen molar-refractivity contribution >= 4 is 27.5 Å². The monoisotopic (exact) mass is 494 g/mol. The molecule has 2 heterocycles. The van der Waals surface area contributed by atoms with Gasteiger partial charge in [0.05, 0.1) is 6.54 Å². The number of nitrogens with zero attached hydrogens (tertiary/aromatic N) is 1. The Labute approximate surface area is 199 Å². The molecule has 11 heteroatoms. The molecule has 3 atom stereocenters. The zero-order valence-electron chi connectivity index (χ0n) is 19.5. The highest BCUT2D eigenvalue weighted by molar-refractivity contribution is 7.92. The van der Waals surface area contributed by atoms with Gasteiger partial charge in [-0.15, -0.1) is 0 Å². The minimum atomic E-state index is -3.89. The summed E-state index contributed by atoms with van der Waals surface area (Å²) in [6.07, 6.45) is 1.08. The summed E-state index contributed by atoms with van der Waals surface area (Å²) in [4.78, 5) is 32.0. The molecule has 0 saturated carbocycles. The lowest BCUT2D eigenvalue weighted by atomic mass is 10.0. The van der Waals surface area contributed by atoms with Gasteiger partial charge in [0.1, 0.15) is 12.7 Å². The first-order valence-corrected chi connectivity index (χ1v) is 12.9. The summed E-state index contributed by atoms with van der Waals surface area (Å²) in [5.41, 5.74) is 3.57. The zero-order chi connectivity index (χ0) is 24.8.